The van der Waals surface area contributed by atoms with Gasteiger partial charge >= 0.3 is 11.7 Å². The molecule has 1 aromatic carbocycles. The van der Waals surface area contributed by atoms with E-state index in [0.29, 0.717) is 0 Å². The van der Waals surface area contributed by atoms with Crippen LogP contribution in [0.25, 0.3) is 11.0 Å². The normalized spacial score (nSPS) is 24.7. The molecule has 0 bridgehead atoms. The zero-order valence-corrected chi connectivity index (χ0v) is 14.5. The van der Waals surface area contributed by atoms with Crippen LogP contribution in [0.4, 0.5) is 4.79 Å². The van der Waals surface area contributed by atoms with Gasteiger partial charge in [0.2, 0.25) is 5.91 Å². The molecule has 0 spiro atoms. The number of imidazole rings is 1. The van der Waals surface area contributed by atoms with Gasteiger partial charge in [-0.3, -0.25) is 14.3 Å². The molecule has 2 N–H and O–H groups in total. The molecule has 1 saturated heterocycles. The number of carbonyl (C=O) groups is 2. The van der Waals surface area contributed by atoms with Crippen molar-refractivity contribution in [2.75, 3.05) is 6.54 Å². The molecule has 2 atom stereocenters. The number of hydrogen-bond donors (Lipinski definition) is 2. The van der Waals surface area contributed by atoms with Crippen LogP contribution in [-0.4, -0.2) is 39.0 Å². The molecule has 26 heavy (non-hydrogen) atoms. The van der Waals surface area contributed by atoms with E-state index in [0.717, 1.165) is 36.7 Å². The monoisotopic (exact) mass is 354 g/mol. The van der Waals surface area contributed by atoms with Crippen molar-refractivity contribution < 1.29 is 9.59 Å². The molecule has 0 unspecified atom stereocenters. The second kappa shape index (κ2) is 6.82. The number of imide groups is 1. The van der Waals surface area contributed by atoms with E-state index in [9.17, 15) is 14.4 Å². The first-order chi connectivity index (χ1) is 12.6. The van der Waals surface area contributed by atoms with Crippen molar-refractivity contribution in [2.24, 2.45) is 5.92 Å². The van der Waals surface area contributed by atoms with E-state index in [-0.39, 0.29) is 42.7 Å². The minimum atomic E-state index is -0.353. The Kier molecular flexibility index (Phi) is 4.36. The summed E-state index contributed by atoms with van der Waals surface area (Å²) in [4.78, 5) is 41.6. The number of fused-ring (bicyclic) bond motifs is 2. The molecule has 7 nitrogen and oxygen atoms in total. The van der Waals surface area contributed by atoms with Gasteiger partial charge in [0.1, 0.15) is 0 Å². The average molecular weight is 354 g/mol. The van der Waals surface area contributed by atoms with Crippen molar-refractivity contribution in [3.8, 4) is 0 Å². The van der Waals surface area contributed by atoms with Gasteiger partial charge in [-0.25, -0.2) is 9.59 Å². The number of carbonyl (C=O) groups excluding carboxylic acids is 2. The molecular formula is C19H22N4O3. The number of hydrogen-bond acceptors (Lipinski definition) is 3. The number of nitrogens with one attached hydrogen (secondary N) is 2. The minimum Gasteiger partial charge on any atom is -0.334 e. The number of aromatic amines is 1. The number of amides is 3. The molecule has 2 aliphatic rings. The Bertz CT molecular complexity index is 926. The summed E-state index contributed by atoms with van der Waals surface area (Å²) < 4.78 is 1.57. The van der Waals surface area contributed by atoms with Crippen molar-refractivity contribution in [3.63, 3.8) is 0 Å². The summed E-state index contributed by atoms with van der Waals surface area (Å²) in [6.45, 7) is 0.463. The van der Waals surface area contributed by atoms with Crippen LogP contribution in [0.15, 0.2) is 41.2 Å². The highest BCUT2D eigenvalue weighted by molar-refractivity contribution is 5.98. The summed E-state index contributed by atoms with van der Waals surface area (Å²) in [6, 6.07) is 6.95. The van der Waals surface area contributed by atoms with Crippen molar-refractivity contribution in [3.05, 3.63) is 46.9 Å². The first-order valence-electron chi connectivity index (χ1n) is 9.09. The standard InChI is InChI=1S/C19H22N4O3/c24-17-13-7-3-1-2-4-8-14(13)20-19(26)23(17)12-11-22-16-10-6-5-9-15(16)21-18(22)25/h1-2,5-6,9-10,13-14H,3-4,7-8,11-12H2,(H,20,26)(H,21,25)/b2-1-/t13-,14+/m0/s1. The molecule has 1 fully saturated rings. The third-order valence-electron chi connectivity index (χ3n) is 5.31. The van der Waals surface area contributed by atoms with Crippen LogP contribution in [-0.2, 0) is 11.3 Å². The lowest BCUT2D eigenvalue weighted by Crippen LogP contribution is -2.60. The van der Waals surface area contributed by atoms with Gasteiger partial charge in [0.15, 0.2) is 0 Å². The smallest absolute Gasteiger partial charge is 0.326 e. The fourth-order valence-electron chi connectivity index (χ4n) is 3.94. The van der Waals surface area contributed by atoms with E-state index >= 15 is 0 Å². The number of urea groups is 1. The zero-order valence-electron chi connectivity index (χ0n) is 14.5. The molecule has 1 aliphatic carbocycles. The van der Waals surface area contributed by atoms with Crippen molar-refractivity contribution in [1.82, 2.24) is 19.8 Å². The maximum atomic E-state index is 12.9. The topological polar surface area (TPSA) is 87.2 Å². The second-order valence-electron chi connectivity index (χ2n) is 6.88. The molecule has 2 aromatic rings. The van der Waals surface area contributed by atoms with Gasteiger partial charge in [-0.05, 0) is 37.8 Å². The molecule has 2 heterocycles. The van der Waals surface area contributed by atoms with Crippen molar-refractivity contribution >= 4 is 23.0 Å². The molecule has 4 rings (SSSR count). The van der Waals surface area contributed by atoms with Gasteiger partial charge in [-0.1, -0.05) is 24.3 Å². The third-order valence-corrected chi connectivity index (χ3v) is 5.31. The maximum absolute atomic E-state index is 12.9. The summed E-state index contributed by atoms with van der Waals surface area (Å²) in [5, 5.41) is 2.99. The zero-order chi connectivity index (χ0) is 18.1. The number of benzene rings is 1. The second-order valence-corrected chi connectivity index (χ2v) is 6.88. The maximum Gasteiger partial charge on any atom is 0.326 e. The number of rotatable bonds is 3. The van der Waals surface area contributed by atoms with E-state index in [4.69, 9.17) is 0 Å². The Balaban J connectivity index is 1.53. The first-order valence-corrected chi connectivity index (χ1v) is 9.09. The summed E-state index contributed by atoms with van der Waals surface area (Å²) in [6.07, 6.45) is 7.47. The fraction of sp³-hybridized carbons (Fsp3) is 0.421. The lowest BCUT2D eigenvalue weighted by atomic mass is 9.86. The number of H-pyrrole nitrogens is 1. The largest absolute Gasteiger partial charge is 0.334 e. The van der Waals surface area contributed by atoms with E-state index in [1.165, 1.54) is 4.90 Å². The lowest BCUT2D eigenvalue weighted by Gasteiger charge is -2.38. The molecule has 136 valence electrons. The Hall–Kier alpha value is -2.83. The van der Waals surface area contributed by atoms with Gasteiger partial charge in [0.25, 0.3) is 0 Å². The predicted molar refractivity (Wildman–Crippen MR) is 97.7 cm³/mol. The number of allylic oxidation sites excluding steroid dienone is 2. The number of para-hydroxylation sites is 2. The molecule has 0 radical (unpaired) electrons. The van der Waals surface area contributed by atoms with Crippen LogP contribution in [0, 0.1) is 5.92 Å². The van der Waals surface area contributed by atoms with Crippen molar-refractivity contribution in [2.45, 2.75) is 38.3 Å². The molecule has 0 saturated carbocycles. The van der Waals surface area contributed by atoms with E-state index < -0.39 is 0 Å². The first kappa shape index (κ1) is 16.6. The highest BCUT2D eigenvalue weighted by Crippen LogP contribution is 2.25. The Labute approximate surface area is 150 Å². The van der Waals surface area contributed by atoms with E-state index in [1.54, 1.807) is 4.57 Å². The Morgan fingerprint density at radius 3 is 2.62 bits per heavy atom. The van der Waals surface area contributed by atoms with Crippen LogP contribution < -0.4 is 11.0 Å². The highest BCUT2D eigenvalue weighted by Gasteiger charge is 2.40. The van der Waals surface area contributed by atoms with Crippen LogP contribution in [0.1, 0.15) is 25.7 Å². The Morgan fingerprint density at radius 2 is 1.77 bits per heavy atom. The van der Waals surface area contributed by atoms with Crippen LogP contribution >= 0.6 is 0 Å². The Morgan fingerprint density at radius 1 is 1.00 bits per heavy atom. The van der Waals surface area contributed by atoms with Crippen LogP contribution in [0.3, 0.4) is 0 Å². The van der Waals surface area contributed by atoms with E-state index in [1.807, 2.05) is 24.3 Å². The molecule has 3 amide bonds. The molecule has 1 aliphatic heterocycles. The summed E-state index contributed by atoms with van der Waals surface area (Å²) >= 11 is 0. The number of aromatic nitrogens is 2. The highest BCUT2D eigenvalue weighted by atomic mass is 16.2. The van der Waals surface area contributed by atoms with Crippen LogP contribution in [0.5, 0.6) is 0 Å². The quantitative estimate of drug-likeness (QED) is 0.827. The minimum absolute atomic E-state index is 0.0907. The van der Waals surface area contributed by atoms with Gasteiger partial charge < -0.3 is 10.3 Å². The molecular weight excluding hydrogens is 332 g/mol. The van der Waals surface area contributed by atoms with E-state index in [2.05, 4.69) is 22.5 Å². The lowest BCUT2D eigenvalue weighted by molar-refractivity contribution is -0.135. The van der Waals surface area contributed by atoms with Gasteiger partial charge in [0.05, 0.1) is 17.0 Å². The predicted octanol–water partition coefficient (Wildman–Crippen LogP) is 2.00. The van der Waals surface area contributed by atoms with Gasteiger partial charge in [-0.15, -0.1) is 0 Å². The van der Waals surface area contributed by atoms with Gasteiger partial charge in [0, 0.05) is 19.1 Å². The number of nitrogens with zero attached hydrogens (tertiary/aromatic N) is 2. The fourth-order valence-corrected chi connectivity index (χ4v) is 3.94. The van der Waals surface area contributed by atoms with Crippen LogP contribution in [0.2, 0.25) is 0 Å². The summed E-state index contributed by atoms with van der Waals surface area (Å²) in [5.74, 6) is -0.306. The van der Waals surface area contributed by atoms with Gasteiger partial charge in [-0.2, -0.15) is 0 Å². The molecule has 1 aromatic heterocycles. The summed E-state index contributed by atoms with van der Waals surface area (Å²) in [7, 11) is 0. The van der Waals surface area contributed by atoms with Crippen molar-refractivity contribution in [1.29, 1.82) is 0 Å². The SMILES string of the molecule is O=C1N[C@@H]2CC/C=C\CC[C@@H]2C(=O)N1CCn1c(=O)[nH]c2ccccc21. The summed E-state index contributed by atoms with van der Waals surface area (Å²) in [5.41, 5.74) is 1.29. The average Bonchev–Trinajstić information content (AvgIpc) is 2.92. The molecule has 7 heteroatoms. The third kappa shape index (κ3) is 2.94.